The second-order valence-corrected chi connectivity index (χ2v) is 7.77. The zero-order chi connectivity index (χ0) is 17.0. The summed E-state index contributed by atoms with van der Waals surface area (Å²) < 4.78 is 0.984. The van der Waals surface area contributed by atoms with E-state index in [1.165, 1.54) is 19.3 Å². The van der Waals surface area contributed by atoms with Crippen molar-refractivity contribution in [1.29, 1.82) is 0 Å². The Balaban J connectivity index is 1.96. The van der Waals surface area contributed by atoms with Crippen molar-refractivity contribution >= 4 is 21.8 Å². The van der Waals surface area contributed by atoms with Gasteiger partial charge in [0.25, 0.3) is 0 Å². The molecule has 0 bridgehead atoms. The molecule has 1 amide bonds. The fraction of sp³-hybridized carbons (Fsp3) is 0.611. The van der Waals surface area contributed by atoms with E-state index in [2.05, 4.69) is 27.9 Å². The molecule has 2 rings (SSSR count). The van der Waals surface area contributed by atoms with Crippen molar-refractivity contribution in [2.75, 3.05) is 27.2 Å². The number of likely N-dealkylation sites (tertiary alicyclic amines) is 1. The van der Waals surface area contributed by atoms with E-state index < -0.39 is 5.54 Å². The average molecular weight is 382 g/mol. The van der Waals surface area contributed by atoms with Crippen molar-refractivity contribution in [1.82, 2.24) is 9.80 Å². The highest BCUT2D eigenvalue weighted by Crippen LogP contribution is 2.23. The lowest BCUT2D eigenvalue weighted by atomic mass is 9.91. The number of piperidine rings is 1. The molecule has 1 heterocycles. The minimum atomic E-state index is -0.992. The van der Waals surface area contributed by atoms with Gasteiger partial charge in [0.15, 0.2) is 0 Å². The van der Waals surface area contributed by atoms with Crippen LogP contribution in [0.3, 0.4) is 0 Å². The predicted molar refractivity (Wildman–Crippen MR) is 98.2 cm³/mol. The SMILES string of the molecule is CN(CCC1CCCCN1C)C(=O)C(C)(N)c1ccc(Br)cc1. The Hall–Kier alpha value is -0.910. The van der Waals surface area contributed by atoms with Crippen LogP contribution in [0.25, 0.3) is 0 Å². The van der Waals surface area contributed by atoms with Crippen molar-refractivity contribution in [3.63, 3.8) is 0 Å². The number of carbonyl (C=O) groups is 1. The maximum absolute atomic E-state index is 12.8. The van der Waals surface area contributed by atoms with E-state index in [-0.39, 0.29) is 5.91 Å². The van der Waals surface area contributed by atoms with E-state index in [4.69, 9.17) is 5.73 Å². The lowest BCUT2D eigenvalue weighted by Gasteiger charge is -2.35. The Morgan fingerprint density at radius 2 is 2.04 bits per heavy atom. The van der Waals surface area contributed by atoms with Crippen LogP contribution >= 0.6 is 15.9 Å². The van der Waals surface area contributed by atoms with Gasteiger partial charge in [0.2, 0.25) is 5.91 Å². The van der Waals surface area contributed by atoms with Crippen LogP contribution in [0.15, 0.2) is 28.7 Å². The maximum Gasteiger partial charge on any atom is 0.246 e. The molecule has 1 saturated heterocycles. The van der Waals surface area contributed by atoms with Gasteiger partial charge in [-0.1, -0.05) is 34.5 Å². The largest absolute Gasteiger partial charge is 0.344 e. The summed E-state index contributed by atoms with van der Waals surface area (Å²) in [7, 11) is 4.04. The number of nitrogens with zero attached hydrogens (tertiary/aromatic N) is 2. The summed E-state index contributed by atoms with van der Waals surface area (Å²) in [5.74, 6) is -0.0294. The van der Waals surface area contributed by atoms with Gasteiger partial charge in [0, 0.05) is 24.1 Å². The van der Waals surface area contributed by atoms with Gasteiger partial charge in [-0.05, 0) is 57.5 Å². The third kappa shape index (κ3) is 4.55. The predicted octanol–water partition coefficient (Wildman–Crippen LogP) is 2.96. The first-order valence-electron chi connectivity index (χ1n) is 8.33. The van der Waals surface area contributed by atoms with Gasteiger partial charge in [-0.2, -0.15) is 0 Å². The number of hydrogen-bond donors (Lipinski definition) is 1. The molecule has 2 unspecified atom stereocenters. The van der Waals surface area contributed by atoms with Crippen LogP contribution < -0.4 is 5.73 Å². The second kappa shape index (κ2) is 7.77. The topological polar surface area (TPSA) is 49.6 Å². The molecular formula is C18H28BrN3O. The molecule has 1 aliphatic rings. The van der Waals surface area contributed by atoms with Crippen molar-refractivity contribution in [3.05, 3.63) is 34.3 Å². The minimum Gasteiger partial charge on any atom is -0.344 e. The lowest BCUT2D eigenvalue weighted by Crippen LogP contribution is -2.50. The molecule has 2 N–H and O–H groups in total. The zero-order valence-corrected chi connectivity index (χ0v) is 16.0. The molecule has 128 valence electrons. The summed E-state index contributed by atoms with van der Waals surface area (Å²) in [6.07, 6.45) is 4.81. The van der Waals surface area contributed by atoms with E-state index in [1.807, 2.05) is 31.3 Å². The summed E-state index contributed by atoms with van der Waals surface area (Å²) in [5, 5.41) is 0. The smallest absolute Gasteiger partial charge is 0.246 e. The van der Waals surface area contributed by atoms with Gasteiger partial charge >= 0.3 is 0 Å². The van der Waals surface area contributed by atoms with Gasteiger partial charge in [0.05, 0.1) is 0 Å². The maximum atomic E-state index is 12.8. The molecule has 5 heteroatoms. The normalized spacial score (nSPS) is 21.7. The summed E-state index contributed by atoms with van der Waals surface area (Å²) in [5.41, 5.74) is 6.20. The molecular weight excluding hydrogens is 354 g/mol. The van der Waals surface area contributed by atoms with E-state index in [1.54, 1.807) is 11.8 Å². The van der Waals surface area contributed by atoms with Gasteiger partial charge < -0.3 is 15.5 Å². The molecule has 0 radical (unpaired) electrons. The Labute approximate surface area is 148 Å². The number of likely N-dealkylation sites (N-methyl/N-ethyl adjacent to an activating group) is 1. The molecule has 1 aromatic carbocycles. The number of benzene rings is 1. The van der Waals surface area contributed by atoms with Crippen LogP contribution in [-0.2, 0) is 10.3 Å². The van der Waals surface area contributed by atoms with Crippen LogP contribution in [0, 0.1) is 0 Å². The summed E-state index contributed by atoms with van der Waals surface area (Å²) >= 11 is 3.41. The van der Waals surface area contributed by atoms with Gasteiger partial charge in [-0.25, -0.2) is 0 Å². The Morgan fingerprint density at radius 3 is 2.65 bits per heavy atom. The van der Waals surface area contributed by atoms with Crippen molar-refractivity contribution in [3.8, 4) is 0 Å². The molecule has 1 aliphatic heterocycles. The van der Waals surface area contributed by atoms with Crippen LogP contribution in [0.2, 0.25) is 0 Å². The molecule has 0 saturated carbocycles. The second-order valence-electron chi connectivity index (χ2n) is 6.85. The minimum absolute atomic E-state index is 0.0294. The molecule has 23 heavy (non-hydrogen) atoms. The van der Waals surface area contributed by atoms with Crippen LogP contribution in [0.4, 0.5) is 0 Å². The number of amides is 1. The fourth-order valence-electron chi connectivity index (χ4n) is 3.27. The molecule has 4 nitrogen and oxygen atoms in total. The van der Waals surface area contributed by atoms with Gasteiger partial charge in [-0.15, -0.1) is 0 Å². The van der Waals surface area contributed by atoms with Crippen molar-refractivity contribution < 1.29 is 4.79 Å². The first kappa shape index (κ1) is 18.4. The third-order valence-electron chi connectivity index (χ3n) is 4.95. The first-order valence-corrected chi connectivity index (χ1v) is 9.12. The number of rotatable bonds is 5. The number of nitrogens with two attached hydrogens (primary N) is 1. The van der Waals surface area contributed by atoms with Crippen LogP contribution in [0.1, 0.15) is 38.2 Å². The Morgan fingerprint density at radius 1 is 1.39 bits per heavy atom. The zero-order valence-electron chi connectivity index (χ0n) is 14.4. The molecule has 0 aliphatic carbocycles. The van der Waals surface area contributed by atoms with Gasteiger partial charge in [0.1, 0.15) is 5.54 Å². The Bertz CT molecular complexity index is 530. The number of halogens is 1. The summed E-state index contributed by atoms with van der Waals surface area (Å²) in [6.45, 7) is 3.70. The van der Waals surface area contributed by atoms with E-state index in [9.17, 15) is 4.79 Å². The number of carbonyl (C=O) groups excluding carboxylic acids is 1. The number of hydrogen-bond acceptors (Lipinski definition) is 3. The Kier molecular flexibility index (Phi) is 6.23. The fourth-order valence-corrected chi connectivity index (χ4v) is 3.53. The van der Waals surface area contributed by atoms with Crippen molar-refractivity contribution in [2.24, 2.45) is 5.73 Å². The first-order chi connectivity index (χ1) is 10.8. The van der Waals surface area contributed by atoms with E-state index in [0.29, 0.717) is 6.04 Å². The highest BCUT2D eigenvalue weighted by atomic mass is 79.9. The van der Waals surface area contributed by atoms with Gasteiger partial charge in [-0.3, -0.25) is 4.79 Å². The van der Waals surface area contributed by atoms with Crippen molar-refractivity contribution in [2.45, 2.75) is 44.2 Å². The summed E-state index contributed by atoms with van der Waals surface area (Å²) in [6, 6.07) is 8.24. The molecule has 0 aromatic heterocycles. The third-order valence-corrected chi connectivity index (χ3v) is 5.48. The van der Waals surface area contributed by atoms with E-state index >= 15 is 0 Å². The molecule has 2 atom stereocenters. The van der Waals surface area contributed by atoms with Crippen LogP contribution in [-0.4, -0.2) is 48.9 Å². The average Bonchev–Trinajstić information content (AvgIpc) is 2.53. The summed E-state index contributed by atoms with van der Waals surface area (Å²) in [4.78, 5) is 17.0. The van der Waals surface area contributed by atoms with Crippen LogP contribution in [0.5, 0.6) is 0 Å². The molecule has 0 spiro atoms. The quantitative estimate of drug-likeness (QED) is 0.852. The molecule has 1 aromatic rings. The van der Waals surface area contributed by atoms with E-state index in [0.717, 1.165) is 29.5 Å². The highest BCUT2D eigenvalue weighted by molar-refractivity contribution is 9.10. The standard InChI is InChI=1S/C18H28BrN3O/c1-18(20,14-7-9-15(19)10-8-14)17(23)22(3)13-11-16-6-4-5-12-21(16)2/h7-10,16H,4-6,11-13,20H2,1-3H3. The lowest BCUT2D eigenvalue weighted by molar-refractivity contribution is -0.135. The molecule has 1 fully saturated rings. The monoisotopic (exact) mass is 381 g/mol. The highest BCUT2D eigenvalue weighted by Gasteiger charge is 2.33.